The summed E-state index contributed by atoms with van der Waals surface area (Å²) < 4.78 is 43.2. The smallest absolute Gasteiger partial charge is 0.339 e. The second-order valence-electron chi connectivity index (χ2n) is 12.2. The van der Waals surface area contributed by atoms with Gasteiger partial charge in [0, 0.05) is 38.6 Å². The Morgan fingerprint density at radius 2 is 1.85 bits per heavy atom. The molecular formula is C29H42F3N5O2S. The maximum absolute atomic E-state index is 14.4. The lowest BCUT2D eigenvalue weighted by Crippen LogP contribution is -2.41. The number of thioether (sulfide) groups is 1. The van der Waals surface area contributed by atoms with Crippen LogP contribution in [0, 0.1) is 5.41 Å². The Balaban J connectivity index is 2.04. The van der Waals surface area contributed by atoms with Crippen LogP contribution in [0.1, 0.15) is 96.2 Å². The first-order valence-electron chi connectivity index (χ1n) is 13.9. The Hall–Kier alpha value is -2.43. The van der Waals surface area contributed by atoms with Crippen molar-refractivity contribution in [2.75, 3.05) is 20.1 Å². The number of pyridine rings is 1. The maximum atomic E-state index is 14.4. The first-order valence-corrected chi connectivity index (χ1v) is 14.8. The van der Waals surface area contributed by atoms with E-state index in [1.807, 2.05) is 27.7 Å². The number of amides is 2. The summed E-state index contributed by atoms with van der Waals surface area (Å²) in [7, 11) is 1.67. The van der Waals surface area contributed by atoms with E-state index in [2.05, 4.69) is 35.7 Å². The van der Waals surface area contributed by atoms with Crippen LogP contribution in [0.3, 0.4) is 0 Å². The van der Waals surface area contributed by atoms with Crippen LogP contribution in [0.2, 0.25) is 0 Å². The average Bonchev–Trinajstić information content (AvgIpc) is 3.52. The number of nitrogens with zero attached hydrogens (tertiary/aromatic N) is 5. The molecule has 2 amide bonds. The molecule has 0 N–H and O–H groups in total. The van der Waals surface area contributed by atoms with Gasteiger partial charge in [-0.05, 0) is 70.4 Å². The van der Waals surface area contributed by atoms with Crippen molar-refractivity contribution in [2.45, 2.75) is 103 Å². The molecule has 2 aliphatic rings. The lowest BCUT2D eigenvalue weighted by Gasteiger charge is -2.32. The molecule has 0 saturated carbocycles. The molecule has 222 valence electrons. The fourth-order valence-corrected chi connectivity index (χ4v) is 6.22. The summed E-state index contributed by atoms with van der Waals surface area (Å²) in [4.78, 5) is 43.5. The number of aromatic nitrogens is 1. The molecule has 1 aromatic rings. The van der Waals surface area contributed by atoms with Crippen LogP contribution in [0.25, 0.3) is 0 Å². The number of carbonyl (C=O) groups excluding carboxylic acids is 2. The standard InChI is InChI=1S/C29H42F3N5O2S/c1-9-28(7,10-2)17-36(8)26(39)24-35-22(25(38)37-13-11-12-18(37)3)23(40-24)20-16-33-19(15-34-27(4,5)6)14-21(20)29(30,31)32/h14-16,18,22-23H,9-13,17H2,1-8H3/t18-,22?,23?/m0/s1. The van der Waals surface area contributed by atoms with Crippen LogP contribution in [0.4, 0.5) is 13.2 Å². The van der Waals surface area contributed by atoms with Crippen LogP contribution in [0.15, 0.2) is 22.2 Å². The molecule has 40 heavy (non-hydrogen) atoms. The zero-order chi connectivity index (χ0) is 30.0. The lowest BCUT2D eigenvalue weighted by atomic mass is 9.84. The van der Waals surface area contributed by atoms with Gasteiger partial charge in [-0.2, -0.15) is 13.2 Å². The zero-order valence-electron chi connectivity index (χ0n) is 24.8. The van der Waals surface area contributed by atoms with Gasteiger partial charge < -0.3 is 9.80 Å². The average molecular weight is 582 g/mol. The van der Waals surface area contributed by atoms with Gasteiger partial charge in [-0.15, -0.1) is 0 Å². The van der Waals surface area contributed by atoms with Crippen molar-refractivity contribution in [1.82, 2.24) is 14.8 Å². The van der Waals surface area contributed by atoms with E-state index in [1.54, 1.807) is 16.8 Å². The minimum absolute atomic E-state index is 0.0400. The maximum Gasteiger partial charge on any atom is 0.416 e. The van der Waals surface area contributed by atoms with Gasteiger partial charge in [0.25, 0.3) is 5.91 Å². The Kier molecular flexibility index (Phi) is 9.79. The molecule has 0 spiro atoms. The van der Waals surface area contributed by atoms with E-state index in [0.717, 1.165) is 49.7 Å². The summed E-state index contributed by atoms with van der Waals surface area (Å²) in [6, 6.07) is -0.231. The van der Waals surface area contributed by atoms with E-state index in [0.29, 0.717) is 13.1 Å². The fraction of sp³-hybridized carbons (Fsp3) is 0.690. The van der Waals surface area contributed by atoms with Crippen LogP contribution in [0.5, 0.6) is 0 Å². The second-order valence-corrected chi connectivity index (χ2v) is 13.4. The highest BCUT2D eigenvalue weighted by Crippen LogP contribution is 2.46. The van der Waals surface area contributed by atoms with Crippen LogP contribution < -0.4 is 0 Å². The second kappa shape index (κ2) is 12.2. The highest BCUT2D eigenvalue weighted by molar-refractivity contribution is 8.16. The SMILES string of the molecule is CCC(C)(CC)CN(C)C(=O)C1=NC(C(=O)N2CCC[C@@H]2C)C(c2cnc(C=NC(C)(C)C)cc2C(F)(F)F)S1. The first kappa shape index (κ1) is 32.1. The van der Waals surface area contributed by atoms with Gasteiger partial charge in [0.15, 0.2) is 5.04 Å². The quantitative estimate of drug-likeness (QED) is 0.344. The Morgan fingerprint density at radius 1 is 1.20 bits per heavy atom. The van der Waals surface area contributed by atoms with Gasteiger partial charge in [0.05, 0.1) is 22.0 Å². The number of halogens is 3. The van der Waals surface area contributed by atoms with Gasteiger partial charge in [-0.25, -0.2) is 0 Å². The number of carbonyl (C=O) groups is 2. The molecule has 0 aliphatic carbocycles. The number of hydrogen-bond donors (Lipinski definition) is 0. The minimum atomic E-state index is -4.70. The predicted molar refractivity (Wildman–Crippen MR) is 155 cm³/mol. The zero-order valence-corrected chi connectivity index (χ0v) is 25.6. The Morgan fingerprint density at radius 3 is 2.38 bits per heavy atom. The number of alkyl halides is 3. The molecule has 3 atom stereocenters. The third-order valence-corrected chi connectivity index (χ3v) is 9.15. The van der Waals surface area contributed by atoms with Crippen LogP contribution in [-0.2, 0) is 15.8 Å². The molecule has 0 aromatic carbocycles. The predicted octanol–water partition coefficient (Wildman–Crippen LogP) is 6.17. The van der Waals surface area contributed by atoms with Gasteiger partial charge in [-0.1, -0.05) is 32.5 Å². The van der Waals surface area contributed by atoms with Gasteiger partial charge in [-0.3, -0.25) is 24.6 Å². The third-order valence-electron chi connectivity index (χ3n) is 7.88. The largest absolute Gasteiger partial charge is 0.416 e. The normalized spacial score (nSPS) is 22.2. The molecule has 1 aromatic heterocycles. The van der Waals surface area contributed by atoms with E-state index in [9.17, 15) is 22.8 Å². The lowest BCUT2D eigenvalue weighted by molar-refractivity contribution is -0.139. The molecular weight excluding hydrogens is 539 g/mol. The van der Waals surface area contributed by atoms with Crippen molar-refractivity contribution in [3.05, 3.63) is 29.1 Å². The van der Waals surface area contributed by atoms with Gasteiger partial charge in [0.2, 0.25) is 5.91 Å². The molecule has 2 unspecified atom stereocenters. The summed E-state index contributed by atoms with van der Waals surface area (Å²) >= 11 is 0.929. The summed E-state index contributed by atoms with van der Waals surface area (Å²) in [5.41, 5.74) is -1.57. The Bertz CT molecular complexity index is 1160. The molecule has 3 rings (SSSR count). The van der Waals surface area contributed by atoms with Crippen molar-refractivity contribution in [2.24, 2.45) is 15.4 Å². The molecule has 1 fully saturated rings. The Labute approximate surface area is 240 Å². The molecule has 7 nitrogen and oxygen atoms in total. The summed E-state index contributed by atoms with van der Waals surface area (Å²) in [6.07, 6.45) is 1.15. The van der Waals surface area contributed by atoms with Crippen molar-refractivity contribution in [3.63, 3.8) is 0 Å². The highest BCUT2D eigenvalue weighted by Gasteiger charge is 2.46. The van der Waals surface area contributed by atoms with Gasteiger partial charge >= 0.3 is 6.18 Å². The number of aliphatic imine (C=N–C) groups is 2. The van der Waals surface area contributed by atoms with E-state index in [1.165, 1.54) is 6.21 Å². The van der Waals surface area contributed by atoms with E-state index < -0.39 is 28.6 Å². The monoisotopic (exact) mass is 581 g/mol. The fourth-order valence-electron chi connectivity index (χ4n) is 4.93. The molecule has 0 radical (unpaired) electrons. The highest BCUT2D eigenvalue weighted by atomic mass is 32.2. The van der Waals surface area contributed by atoms with Crippen LogP contribution >= 0.6 is 11.8 Å². The topological polar surface area (TPSA) is 78.2 Å². The van der Waals surface area contributed by atoms with Crippen molar-refractivity contribution in [3.8, 4) is 0 Å². The third kappa shape index (κ3) is 7.44. The van der Waals surface area contributed by atoms with Gasteiger partial charge in [0.1, 0.15) is 6.04 Å². The van der Waals surface area contributed by atoms with E-state index in [-0.39, 0.29) is 39.6 Å². The first-order chi connectivity index (χ1) is 18.5. The summed E-state index contributed by atoms with van der Waals surface area (Å²) in [6.45, 7) is 14.6. The van der Waals surface area contributed by atoms with E-state index in [4.69, 9.17) is 0 Å². The number of hydrogen-bond acceptors (Lipinski definition) is 6. The minimum Gasteiger partial charge on any atom is -0.339 e. The number of likely N-dealkylation sites (tertiary alicyclic amines) is 1. The van der Waals surface area contributed by atoms with Crippen molar-refractivity contribution >= 4 is 34.8 Å². The molecule has 0 bridgehead atoms. The molecule has 11 heteroatoms. The van der Waals surface area contributed by atoms with Crippen molar-refractivity contribution in [1.29, 1.82) is 0 Å². The molecule has 1 saturated heterocycles. The molecule has 2 aliphatic heterocycles. The molecule has 3 heterocycles. The summed E-state index contributed by atoms with van der Waals surface area (Å²) in [5.74, 6) is -0.741. The van der Waals surface area contributed by atoms with E-state index >= 15 is 0 Å². The number of rotatable bonds is 8. The summed E-state index contributed by atoms with van der Waals surface area (Å²) in [5, 5.41) is -0.979. The van der Waals surface area contributed by atoms with Crippen LogP contribution in [-0.4, -0.2) is 75.6 Å². The van der Waals surface area contributed by atoms with Crippen molar-refractivity contribution < 1.29 is 22.8 Å².